The summed E-state index contributed by atoms with van der Waals surface area (Å²) in [6.07, 6.45) is 2.37. The molecule has 0 spiro atoms. The van der Waals surface area contributed by atoms with Crippen molar-refractivity contribution >= 4 is 0 Å². The van der Waals surface area contributed by atoms with E-state index in [0.717, 1.165) is 31.4 Å². The highest BCUT2D eigenvalue weighted by Gasteiger charge is 2.21. The summed E-state index contributed by atoms with van der Waals surface area (Å²) in [7, 11) is 0. The quantitative estimate of drug-likeness (QED) is 0.822. The first-order chi connectivity index (χ1) is 8.27. The predicted octanol–water partition coefficient (Wildman–Crippen LogP) is 2.04. The highest BCUT2D eigenvalue weighted by Crippen LogP contribution is 2.23. The molecule has 1 aromatic rings. The lowest BCUT2D eigenvalue weighted by Crippen LogP contribution is -2.20. The Labute approximate surface area is 102 Å². The van der Waals surface area contributed by atoms with E-state index < -0.39 is 12.2 Å². The van der Waals surface area contributed by atoms with Crippen LogP contribution in [0.2, 0.25) is 0 Å². The van der Waals surface area contributed by atoms with Crippen LogP contribution in [0.4, 0.5) is 0 Å². The van der Waals surface area contributed by atoms with E-state index in [4.69, 9.17) is 4.74 Å². The van der Waals surface area contributed by atoms with Crippen molar-refractivity contribution in [1.29, 1.82) is 0 Å². The van der Waals surface area contributed by atoms with Gasteiger partial charge in [0.15, 0.2) is 0 Å². The third-order valence-corrected chi connectivity index (χ3v) is 3.31. The van der Waals surface area contributed by atoms with Crippen LogP contribution in [0, 0.1) is 0 Å². The van der Waals surface area contributed by atoms with Crippen molar-refractivity contribution in [3.63, 3.8) is 0 Å². The smallest absolute Gasteiger partial charge is 0.105 e. The molecule has 3 atom stereocenters. The van der Waals surface area contributed by atoms with Crippen molar-refractivity contribution in [1.82, 2.24) is 0 Å². The van der Waals surface area contributed by atoms with Crippen LogP contribution >= 0.6 is 0 Å². The van der Waals surface area contributed by atoms with Gasteiger partial charge in [-0.2, -0.15) is 0 Å². The van der Waals surface area contributed by atoms with Gasteiger partial charge in [-0.1, -0.05) is 30.3 Å². The van der Waals surface area contributed by atoms with Gasteiger partial charge in [-0.15, -0.1) is 0 Å². The van der Waals surface area contributed by atoms with E-state index >= 15 is 0 Å². The van der Waals surface area contributed by atoms with Gasteiger partial charge < -0.3 is 14.9 Å². The van der Waals surface area contributed by atoms with Crippen molar-refractivity contribution in [3.05, 3.63) is 35.9 Å². The summed E-state index contributed by atoms with van der Waals surface area (Å²) in [4.78, 5) is 0. The maximum Gasteiger partial charge on any atom is 0.105 e. The molecular formula is C14H20O3. The Morgan fingerprint density at radius 3 is 2.65 bits per heavy atom. The SMILES string of the molecule is OC(CCC1CCCO1)C(O)c1ccccc1. The number of aliphatic hydroxyl groups excluding tert-OH is 2. The number of rotatable bonds is 5. The maximum atomic E-state index is 9.97. The standard InChI is InChI=1S/C14H20O3/c15-13(9-8-12-7-4-10-17-12)14(16)11-5-2-1-3-6-11/h1-3,5-6,12-16H,4,7-10H2. The van der Waals surface area contributed by atoms with E-state index in [0.29, 0.717) is 6.42 Å². The molecule has 1 aliphatic rings. The van der Waals surface area contributed by atoms with E-state index in [9.17, 15) is 10.2 Å². The number of ether oxygens (including phenoxy) is 1. The van der Waals surface area contributed by atoms with Crippen LogP contribution in [-0.2, 0) is 4.74 Å². The summed E-state index contributed by atoms with van der Waals surface area (Å²) in [5, 5.41) is 19.9. The minimum Gasteiger partial charge on any atom is -0.390 e. The predicted molar refractivity (Wildman–Crippen MR) is 65.6 cm³/mol. The van der Waals surface area contributed by atoms with Gasteiger partial charge in [0.25, 0.3) is 0 Å². The van der Waals surface area contributed by atoms with Crippen LogP contribution in [-0.4, -0.2) is 29.0 Å². The van der Waals surface area contributed by atoms with E-state index in [-0.39, 0.29) is 6.10 Å². The number of hydrogen-bond donors (Lipinski definition) is 2. The molecule has 0 saturated carbocycles. The highest BCUT2D eigenvalue weighted by atomic mass is 16.5. The second kappa shape index (κ2) is 6.15. The summed E-state index contributed by atoms with van der Waals surface area (Å²) in [6, 6.07) is 9.30. The Morgan fingerprint density at radius 2 is 2.00 bits per heavy atom. The molecule has 0 radical (unpaired) electrons. The zero-order valence-corrected chi connectivity index (χ0v) is 9.96. The minimum absolute atomic E-state index is 0.271. The largest absolute Gasteiger partial charge is 0.390 e. The van der Waals surface area contributed by atoms with Crippen LogP contribution in [0.1, 0.15) is 37.4 Å². The Hall–Kier alpha value is -0.900. The van der Waals surface area contributed by atoms with E-state index in [2.05, 4.69) is 0 Å². The molecule has 17 heavy (non-hydrogen) atoms. The van der Waals surface area contributed by atoms with Gasteiger partial charge in [0.2, 0.25) is 0 Å². The van der Waals surface area contributed by atoms with Gasteiger partial charge >= 0.3 is 0 Å². The third-order valence-electron chi connectivity index (χ3n) is 3.31. The van der Waals surface area contributed by atoms with E-state index in [1.807, 2.05) is 30.3 Å². The summed E-state index contributed by atoms with van der Waals surface area (Å²) in [5.41, 5.74) is 0.771. The monoisotopic (exact) mass is 236 g/mol. The third kappa shape index (κ3) is 3.53. The lowest BCUT2D eigenvalue weighted by atomic mass is 9.99. The molecular weight excluding hydrogens is 216 g/mol. The topological polar surface area (TPSA) is 49.7 Å². The fourth-order valence-electron chi connectivity index (χ4n) is 2.26. The lowest BCUT2D eigenvalue weighted by Gasteiger charge is -2.19. The average Bonchev–Trinajstić information content (AvgIpc) is 2.89. The first-order valence-corrected chi connectivity index (χ1v) is 6.30. The number of hydrogen-bond acceptors (Lipinski definition) is 3. The minimum atomic E-state index is -0.794. The van der Waals surface area contributed by atoms with Crippen LogP contribution < -0.4 is 0 Å². The van der Waals surface area contributed by atoms with Crippen LogP contribution in [0.25, 0.3) is 0 Å². The van der Waals surface area contributed by atoms with Crippen molar-refractivity contribution in [2.24, 2.45) is 0 Å². The fraction of sp³-hybridized carbons (Fsp3) is 0.571. The molecule has 0 amide bonds. The van der Waals surface area contributed by atoms with E-state index in [1.165, 1.54) is 0 Å². The molecule has 3 nitrogen and oxygen atoms in total. The van der Waals surface area contributed by atoms with Gasteiger partial charge in [0.1, 0.15) is 6.10 Å². The van der Waals surface area contributed by atoms with Gasteiger partial charge in [-0.3, -0.25) is 0 Å². The van der Waals surface area contributed by atoms with Gasteiger partial charge in [-0.25, -0.2) is 0 Å². The van der Waals surface area contributed by atoms with Crippen molar-refractivity contribution in [2.45, 2.75) is 44.0 Å². The van der Waals surface area contributed by atoms with Crippen LogP contribution in [0.3, 0.4) is 0 Å². The second-order valence-electron chi connectivity index (χ2n) is 4.64. The molecule has 3 heteroatoms. The molecule has 0 bridgehead atoms. The Balaban J connectivity index is 1.80. The van der Waals surface area contributed by atoms with Crippen LogP contribution in [0.5, 0.6) is 0 Å². The molecule has 1 aliphatic heterocycles. The summed E-state index contributed by atoms with van der Waals surface area (Å²) >= 11 is 0. The summed E-state index contributed by atoms with van der Waals surface area (Å²) in [6.45, 7) is 0.835. The molecule has 1 aromatic carbocycles. The molecule has 94 valence electrons. The molecule has 1 saturated heterocycles. The molecule has 0 aromatic heterocycles. The average molecular weight is 236 g/mol. The highest BCUT2D eigenvalue weighted by molar-refractivity contribution is 5.18. The van der Waals surface area contributed by atoms with Gasteiger partial charge in [0.05, 0.1) is 12.2 Å². The lowest BCUT2D eigenvalue weighted by molar-refractivity contribution is 0.00167. The fourth-order valence-corrected chi connectivity index (χ4v) is 2.26. The Bertz CT molecular complexity index is 319. The van der Waals surface area contributed by atoms with Gasteiger partial charge in [0, 0.05) is 6.61 Å². The normalized spacial score (nSPS) is 23.5. The summed E-state index contributed by atoms with van der Waals surface area (Å²) in [5.74, 6) is 0. The number of aliphatic hydroxyl groups is 2. The molecule has 0 aliphatic carbocycles. The molecule has 2 rings (SSSR count). The molecule has 1 heterocycles. The molecule has 3 unspecified atom stereocenters. The first kappa shape index (κ1) is 12.6. The summed E-state index contributed by atoms with van der Waals surface area (Å²) < 4.78 is 5.50. The van der Waals surface area contributed by atoms with Crippen molar-refractivity contribution in [2.75, 3.05) is 6.61 Å². The van der Waals surface area contributed by atoms with Crippen molar-refractivity contribution < 1.29 is 14.9 Å². The Kier molecular flexibility index (Phi) is 4.54. The maximum absolute atomic E-state index is 9.97. The van der Waals surface area contributed by atoms with Gasteiger partial charge in [-0.05, 0) is 31.2 Å². The molecule has 1 fully saturated rings. The first-order valence-electron chi connectivity index (χ1n) is 6.30. The Morgan fingerprint density at radius 1 is 1.24 bits per heavy atom. The zero-order valence-electron chi connectivity index (χ0n) is 9.96. The van der Waals surface area contributed by atoms with E-state index in [1.54, 1.807) is 0 Å². The van der Waals surface area contributed by atoms with Crippen LogP contribution in [0.15, 0.2) is 30.3 Å². The van der Waals surface area contributed by atoms with Crippen molar-refractivity contribution in [3.8, 4) is 0 Å². The number of benzene rings is 1. The molecule has 2 N–H and O–H groups in total. The second-order valence-corrected chi connectivity index (χ2v) is 4.64. The zero-order chi connectivity index (χ0) is 12.1.